The van der Waals surface area contributed by atoms with E-state index in [-0.39, 0.29) is 34.3 Å². The van der Waals surface area contributed by atoms with E-state index >= 15 is 0 Å². The Labute approximate surface area is 261 Å². The number of piperazine rings is 1. The first-order chi connectivity index (χ1) is 19.9. The van der Waals surface area contributed by atoms with Crippen LogP contribution in [0.2, 0.25) is 5.02 Å². The molecule has 228 valence electrons. The molecule has 12 heteroatoms. The van der Waals surface area contributed by atoms with Crippen LogP contribution in [0.15, 0.2) is 36.4 Å². The van der Waals surface area contributed by atoms with Gasteiger partial charge < -0.3 is 24.5 Å². The molecule has 1 N–H and O–H groups in total. The van der Waals surface area contributed by atoms with Crippen molar-refractivity contribution in [2.75, 3.05) is 49.2 Å². The number of pyridine rings is 2. The Balaban J connectivity index is 0.00000368. The molecule has 0 aliphatic carbocycles. The van der Waals surface area contributed by atoms with Crippen LogP contribution in [-0.2, 0) is 10.2 Å². The topological polar surface area (TPSA) is 99.1 Å². The van der Waals surface area contributed by atoms with Crippen molar-refractivity contribution in [3.05, 3.63) is 75.4 Å². The number of carboxylic acids is 1. The number of fused-ring (bicyclic) bond motifs is 2. The second kappa shape index (κ2) is 11.2. The van der Waals surface area contributed by atoms with Gasteiger partial charge in [0.2, 0.25) is 0 Å². The summed E-state index contributed by atoms with van der Waals surface area (Å²) in [4.78, 5) is 41.1. The summed E-state index contributed by atoms with van der Waals surface area (Å²) in [6.07, 6.45) is 0.758. The third kappa shape index (κ3) is 5.30. The number of carboxylic acid groups (broad SMARTS) is 1. The smallest absolute Gasteiger partial charge is 0.337 e. The van der Waals surface area contributed by atoms with Gasteiger partial charge in [-0.3, -0.25) is 4.79 Å². The predicted molar refractivity (Wildman–Crippen MR) is 165 cm³/mol. The number of aryl methyl sites for hydroxylation is 2. The average molecular weight is 631 g/mol. The lowest BCUT2D eigenvalue weighted by atomic mass is 9.85. The molecule has 1 spiro atoms. The van der Waals surface area contributed by atoms with Gasteiger partial charge in [-0.05, 0) is 76.1 Å². The predicted octanol–water partition coefficient (Wildman–Crippen LogP) is 5.56. The Hall–Kier alpha value is -3.47. The molecular weight excluding hydrogens is 596 g/mol. The zero-order valence-electron chi connectivity index (χ0n) is 24.5. The summed E-state index contributed by atoms with van der Waals surface area (Å²) in [6.45, 7) is 10.7. The number of rotatable bonds is 4. The van der Waals surface area contributed by atoms with E-state index in [1.165, 1.54) is 6.07 Å². The number of hydrogen-bond donors (Lipinski definition) is 1. The van der Waals surface area contributed by atoms with E-state index in [1.807, 2.05) is 29.7 Å². The maximum Gasteiger partial charge on any atom is 0.337 e. The number of amides is 1. The van der Waals surface area contributed by atoms with Gasteiger partial charge in [0.1, 0.15) is 17.3 Å². The van der Waals surface area contributed by atoms with E-state index in [2.05, 4.69) is 9.88 Å². The Morgan fingerprint density at radius 2 is 1.84 bits per heavy atom. The molecule has 2 fully saturated rings. The number of hydrogen-bond acceptors (Lipinski definition) is 7. The van der Waals surface area contributed by atoms with E-state index in [0.29, 0.717) is 67.8 Å². The summed E-state index contributed by atoms with van der Waals surface area (Å²) in [6, 6.07) is 10.2. The van der Waals surface area contributed by atoms with Crippen molar-refractivity contribution in [1.29, 1.82) is 0 Å². The van der Waals surface area contributed by atoms with E-state index in [0.717, 1.165) is 17.8 Å². The Morgan fingerprint density at radius 3 is 2.47 bits per heavy atom. The van der Waals surface area contributed by atoms with Gasteiger partial charge in [0.15, 0.2) is 0 Å². The summed E-state index contributed by atoms with van der Waals surface area (Å²) in [5, 5.41) is 9.59. The van der Waals surface area contributed by atoms with Crippen molar-refractivity contribution in [2.24, 2.45) is 0 Å². The minimum absolute atomic E-state index is 0. The van der Waals surface area contributed by atoms with Gasteiger partial charge in [0.05, 0.1) is 45.2 Å². The maximum atomic E-state index is 14.4. The highest BCUT2D eigenvalue weighted by Gasteiger charge is 2.48. The minimum atomic E-state index is -0.990. The van der Waals surface area contributed by atoms with Gasteiger partial charge in [0, 0.05) is 38.5 Å². The third-order valence-corrected chi connectivity index (χ3v) is 9.04. The molecule has 43 heavy (non-hydrogen) atoms. The van der Waals surface area contributed by atoms with Crippen LogP contribution in [0, 0.1) is 19.7 Å². The Kier molecular flexibility index (Phi) is 8.09. The number of carbonyl (C=O) groups excluding carboxylic acids is 1. The van der Waals surface area contributed by atoms with Gasteiger partial charge in [-0.15, -0.1) is 12.4 Å². The van der Waals surface area contributed by atoms with Crippen molar-refractivity contribution in [3.63, 3.8) is 0 Å². The average Bonchev–Trinajstić information content (AvgIpc) is 3.53. The zero-order valence-corrected chi connectivity index (χ0v) is 26.1. The molecule has 1 atom stereocenters. The Morgan fingerprint density at radius 1 is 1.07 bits per heavy atom. The normalized spacial score (nSPS) is 20.7. The summed E-state index contributed by atoms with van der Waals surface area (Å²) < 4.78 is 20.2. The van der Waals surface area contributed by atoms with Crippen LogP contribution in [0.25, 0.3) is 0 Å². The minimum Gasteiger partial charge on any atom is -0.478 e. The SMILES string of the molecule is Cc1cc(N2CCN(C(=O)c3ccc4c(n3)C3(CCOC3)CN4c3ccc(Cl)c(F)c3)C(C)(C)C2)nc(C)c1C(=O)O.Cl. The van der Waals surface area contributed by atoms with Crippen LogP contribution in [0.4, 0.5) is 21.6 Å². The van der Waals surface area contributed by atoms with Crippen molar-refractivity contribution >= 4 is 53.1 Å². The third-order valence-electron chi connectivity index (χ3n) is 8.73. The molecule has 1 amide bonds. The fourth-order valence-electron chi connectivity index (χ4n) is 6.61. The summed E-state index contributed by atoms with van der Waals surface area (Å²) in [5.41, 5.74) is 3.08. The van der Waals surface area contributed by atoms with Gasteiger partial charge in [-0.2, -0.15) is 0 Å². The first kappa shape index (κ1) is 31.0. The number of anilines is 3. The number of benzene rings is 1. The lowest BCUT2D eigenvalue weighted by Gasteiger charge is -2.47. The van der Waals surface area contributed by atoms with Crippen LogP contribution in [-0.4, -0.2) is 76.8 Å². The van der Waals surface area contributed by atoms with Crippen LogP contribution >= 0.6 is 24.0 Å². The molecule has 3 aliphatic rings. The van der Waals surface area contributed by atoms with Crippen molar-refractivity contribution in [3.8, 4) is 0 Å². The molecule has 0 bridgehead atoms. The van der Waals surface area contributed by atoms with Crippen LogP contribution < -0.4 is 9.80 Å². The standard InChI is InChI=1S/C31H33ClFN5O4.ClH/c1-18-13-25(34-19(2)26(18)29(40)41)36-10-11-38(30(3,4)15-36)28(39)23-7-8-24-27(35-23)31(9-12-42-17-31)16-37(24)20-5-6-21(32)22(33)14-20;/h5-8,13-14H,9-12,15-17H2,1-4H3,(H,40,41);1H. The van der Waals surface area contributed by atoms with E-state index in [4.69, 9.17) is 21.3 Å². The number of aromatic nitrogens is 2. The second-order valence-corrected chi connectivity index (χ2v) is 12.5. The number of nitrogens with zero attached hydrogens (tertiary/aromatic N) is 5. The molecule has 2 saturated heterocycles. The molecule has 3 aliphatic heterocycles. The highest BCUT2D eigenvalue weighted by atomic mass is 35.5. The molecule has 0 saturated carbocycles. The van der Waals surface area contributed by atoms with Crippen LogP contribution in [0.3, 0.4) is 0 Å². The molecule has 1 unspecified atom stereocenters. The highest BCUT2D eigenvalue weighted by molar-refractivity contribution is 6.30. The van der Waals surface area contributed by atoms with E-state index < -0.39 is 17.3 Å². The summed E-state index contributed by atoms with van der Waals surface area (Å²) in [7, 11) is 0. The van der Waals surface area contributed by atoms with Crippen LogP contribution in [0.5, 0.6) is 0 Å². The lowest BCUT2D eigenvalue weighted by molar-refractivity contribution is 0.0506. The molecule has 0 radical (unpaired) electrons. The zero-order chi connectivity index (χ0) is 30.0. The monoisotopic (exact) mass is 629 g/mol. The van der Waals surface area contributed by atoms with Crippen molar-refractivity contribution in [2.45, 2.75) is 45.1 Å². The number of halogens is 3. The molecule has 9 nitrogen and oxygen atoms in total. The summed E-state index contributed by atoms with van der Waals surface area (Å²) in [5.74, 6) is -0.934. The van der Waals surface area contributed by atoms with Gasteiger partial charge in [-0.25, -0.2) is 19.2 Å². The molecule has 2 aromatic heterocycles. The lowest BCUT2D eigenvalue weighted by Crippen LogP contribution is -2.61. The van der Waals surface area contributed by atoms with Crippen molar-refractivity contribution in [1.82, 2.24) is 14.9 Å². The maximum absolute atomic E-state index is 14.4. The Bertz CT molecular complexity index is 1590. The number of ether oxygens (including phenoxy) is 1. The molecule has 5 heterocycles. The first-order valence-corrected chi connectivity index (χ1v) is 14.4. The molecule has 3 aromatic rings. The van der Waals surface area contributed by atoms with Gasteiger partial charge in [-0.1, -0.05) is 11.6 Å². The largest absolute Gasteiger partial charge is 0.478 e. The van der Waals surface area contributed by atoms with Gasteiger partial charge in [0.25, 0.3) is 5.91 Å². The van der Waals surface area contributed by atoms with Crippen molar-refractivity contribution < 1.29 is 23.8 Å². The second-order valence-electron chi connectivity index (χ2n) is 12.1. The fourth-order valence-corrected chi connectivity index (χ4v) is 6.72. The van der Waals surface area contributed by atoms with Gasteiger partial charge >= 0.3 is 5.97 Å². The number of aromatic carboxylic acids is 1. The molecule has 1 aromatic carbocycles. The summed E-state index contributed by atoms with van der Waals surface area (Å²) >= 11 is 5.94. The fraction of sp³-hybridized carbons (Fsp3) is 0.419. The highest BCUT2D eigenvalue weighted by Crippen LogP contribution is 2.48. The number of carbonyl (C=O) groups is 2. The quantitative estimate of drug-likeness (QED) is 0.401. The van der Waals surface area contributed by atoms with Crippen LogP contribution in [0.1, 0.15) is 58.1 Å². The molecular formula is C31H34Cl2FN5O4. The first-order valence-electron chi connectivity index (χ1n) is 14.0. The van der Waals surface area contributed by atoms with E-state index in [1.54, 1.807) is 38.1 Å². The van der Waals surface area contributed by atoms with E-state index in [9.17, 15) is 19.1 Å². The molecule has 6 rings (SSSR count).